The molecule has 0 saturated heterocycles. The Morgan fingerprint density at radius 3 is 1.61 bits per heavy atom. The summed E-state index contributed by atoms with van der Waals surface area (Å²) in [5.41, 5.74) is 4.90. The van der Waals surface area contributed by atoms with Crippen LogP contribution < -0.4 is 21.5 Å². The summed E-state index contributed by atoms with van der Waals surface area (Å²) in [4.78, 5) is 17.7. The lowest BCUT2D eigenvalue weighted by molar-refractivity contribution is -0.697. The molecule has 2 aromatic carbocycles. The molecule has 0 atom stereocenters. The Labute approximate surface area is 195 Å². The van der Waals surface area contributed by atoms with Crippen LogP contribution in [-0.4, -0.2) is 15.9 Å². The van der Waals surface area contributed by atoms with Gasteiger partial charge in [0.25, 0.3) is 0 Å². The fraction of sp³-hybridized carbons (Fsp3) is 0.320. The minimum atomic E-state index is -3.81. The van der Waals surface area contributed by atoms with Gasteiger partial charge in [-0.2, -0.15) is 0 Å². The first-order valence-electron chi connectivity index (χ1n) is 10.7. The van der Waals surface area contributed by atoms with E-state index >= 15 is 0 Å². The molecule has 0 aliphatic carbocycles. The van der Waals surface area contributed by atoms with Crippen LogP contribution in [0.5, 0.6) is 0 Å². The second-order valence-electron chi connectivity index (χ2n) is 7.78. The monoisotopic (exact) mass is 503 g/mol. The number of aromatic nitrogens is 1. The summed E-state index contributed by atoms with van der Waals surface area (Å²) in [5, 5.41) is 0. The number of rotatable bonds is 11. The summed E-state index contributed by atoms with van der Waals surface area (Å²) in [5.74, 6) is 0. The van der Waals surface area contributed by atoms with Crippen LogP contribution in [-0.2, 0) is 11.1 Å². The maximum atomic E-state index is 10.8. The summed E-state index contributed by atoms with van der Waals surface area (Å²) in [6.45, 7) is 0.996. The molecule has 1 aromatic heterocycles. The lowest BCUT2D eigenvalue weighted by Crippen LogP contribution is -3.00. The van der Waals surface area contributed by atoms with Crippen molar-refractivity contribution < 1.29 is 35.9 Å². The molecule has 0 fully saturated rings. The Morgan fingerprint density at radius 2 is 1.06 bits per heavy atom. The summed E-state index contributed by atoms with van der Waals surface area (Å²) < 4.78 is 13.0. The Hall–Kier alpha value is -1.78. The van der Waals surface area contributed by atoms with E-state index < -0.39 is 7.60 Å². The number of halogens is 1. The molecule has 2 N–H and O–H groups in total. The Kier molecular flexibility index (Phi) is 10.6. The molecule has 1 heterocycles. The number of hydrogen-bond acceptors (Lipinski definition) is 1. The lowest BCUT2D eigenvalue weighted by Gasteiger charge is -2.05. The molecule has 0 saturated carbocycles. The molecule has 0 aliphatic heterocycles. The van der Waals surface area contributed by atoms with E-state index in [-0.39, 0.29) is 23.1 Å². The van der Waals surface area contributed by atoms with Gasteiger partial charge in [-0.25, -0.2) is 4.57 Å². The average molecular weight is 504 g/mol. The van der Waals surface area contributed by atoms with Crippen molar-refractivity contribution in [1.82, 2.24) is 0 Å². The number of nitrogens with zero attached hydrogens (tertiary/aromatic N) is 1. The largest absolute Gasteiger partial charge is 1.00 e. The highest BCUT2D eigenvalue weighted by molar-refractivity contribution is 7.51. The molecular formula is C25H31BrNO3P. The van der Waals surface area contributed by atoms with Crippen molar-refractivity contribution in [2.75, 3.05) is 6.16 Å². The molecule has 4 nitrogen and oxygen atoms in total. The van der Waals surface area contributed by atoms with Crippen molar-refractivity contribution in [3.05, 3.63) is 79.1 Å². The van der Waals surface area contributed by atoms with E-state index in [0.29, 0.717) is 6.42 Å². The molecule has 0 radical (unpaired) electrons. The maximum Gasteiger partial charge on any atom is 0.325 e. The molecule has 0 spiro atoms. The van der Waals surface area contributed by atoms with Gasteiger partial charge >= 0.3 is 7.60 Å². The number of hydrogen-bond donors (Lipinski definition) is 2. The van der Waals surface area contributed by atoms with Crippen LogP contribution in [0, 0.1) is 0 Å². The van der Waals surface area contributed by atoms with Crippen LogP contribution in [0.3, 0.4) is 0 Å². The van der Waals surface area contributed by atoms with Gasteiger partial charge in [0.1, 0.15) is 6.54 Å². The third kappa shape index (κ3) is 9.08. The van der Waals surface area contributed by atoms with Gasteiger partial charge in [0.15, 0.2) is 12.4 Å². The zero-order valence-corrected chi connectivity index (χ0v) is 20.2. The molecule has 166 valence electrons. The molecule has 0 aliphatic rings. The third-order valence-corrected chi connectivity index (χ3v) is 6.23. The summed E-state index contributed by atoms with van der Waals surface area (Å²) in [6, 6.07) is 23.4. The molecular weight excluding hydrogens is 473 g/mol. The van der Waals surface area contributed by atoms with Gasteiger partial charge in [0.05, 0.1) is 0 Å². The standard InChI is InChI=1S/C25H30NO3P.BrH/c27-30(28,29)21-9-4-2-1-3-8-18-26-19-16-25(17-20-26)24-14-12-23(13-15-24)22-10-6-5-7-11-22;/h5-7,10-17,19-20H,1-4,8-9,18,21H2,(H-,27,28,29);1H. The third-order valence-electron chi connectivity index (χ3n) is 5.33. The van der Waals surface area contributed by atoms with Crippen LogP contribution in [0.25, 0.3) is 22.3 Å². The molecule has 0 unspecified atom stereocenters. The van der Waals surface area contributed by atoms with Crippen LogP contribution in [0.1, 0.15) is 38.5 Å². The van der Waals surface area contributed by atoms with Gasteiger partial charge in [-0.15, -0.1) is 0 Å². The second kappa shape index (κ2) is 12.9. The smallest absolute Gasteiger partial charge is 0.325 e. The van der Waals surface area contributed by atoms with E-state index in [0.717, 1.165) is 38.6 Å². The summed E-state index contributed by atoms with van der Waals surface area (Å²) in [6.07, 6.45) is 10.2. The van der Waals surface area contributed by atoms with E-state index in [1.807, 2.05) is 6.07 Å². The first-order valence-corrected chi connectivity index (χ1v) is 12.5. The van der Waals surface area contributed by atoms with Crippen molar-refractivity contribution >= 4 is 7.60 Å². The van der Waals surface area contributed by atoms with Crippen LogP contribution in [0.2, 0.25) is 0 Å². The highest BCUT2D eigenvalue weighted by Gasteiger charge is 2.11. The first kappa shape index (κ1) is 25.5. The van der Waals surface area contributed by atoms with Crippen molar-refractivity contribution in [3.8, 4) is 22.3 Å². The van der Waals surface area contributed by atoms with Crippen molar-refractivity contribution in [1.29, 1.82) is 0 Å². The zero-order valence-electron chi connectivity index (χ0n) is 17.7. The quantitative estimate of drug-likeness (QED) is 0.240. The van der Waals surface area contributed by atoms with Crippen molar-refractivity contribution in [3.63, 3.8) is 0 Å². The fourth-order valence-corrected chi connectivity index (χ4v) is 4.24. The Morgan fingerprint density at radius 1 is 0.613 bits per heavy atom. The van der Waals surface area contributed by atoms with Gasteiger partial charge in [-0.3, -0.25) is 4.57 Å². The lowest BCUT2D eigenvalue weighted by atomic mass is 10.0. The predicted molar refractivity (Wildman–Crippen MR) is 122 cm³/mol. The van der Waals surface area contributed by atoms with Gasteiger partial charge in [-0.05, 0) is 35.1 Å². The molecule has 6 heteroatoms. The number of benzene rings is 2. The normalized spacial score (nSPS) is 11.2. The average Bonchev–Trinajstić information content (AvgIpc) is 2.76. The SMILES string of the molecule is O=P(O)(O)CCCCCCCC[n+]1ccc(-c2ccc(-c3ccccc3)cc2)cc1.[Br-]. The summed E-state index contributed by atoms with van der Waals surface area (Å²) >= 11 is 0. The molecule has 31 heavy (non-hydrogen) atoms. The minimum absolute atomic E-state index is 0. The van der Waals surface area contributed by atoms with Gasteiger partial charge in [-0.1, -0.05) is 73.9 Å². The molecule has 3 aromatic rings. The fourth-order valence-electron chi connectivity index (χ4n) is 3.60. The maximum absolute atomic E-state index is 10.8. The van der Waals surface area contributed by atoms with E-state index in [2.05, 4.69) is 77.6 Å². The van der Waals surface area contributed by atoms with Crippen LogP contribution >= 0.6 is 7.60 Å². The number of pyridine rings is 1. The van der Waals surface area contributed by atoms with E-state index in [1.54, 1.807) is 0 Å². The molecule has 0 bridgehead atoms. The van der Waals surface area contributed by atoms with E-state index in [9.17, 15) is 4.57 Å². The highest BCUT2D eigenvalue weighted by atomic mass is 79.9. The Bertz CT molecular complexity index is 941. The number of aryl methyl sites for hydroxylation is 1. The van der Waals surface area contributed by atoms with Crippen molar-refractivity contribution in [2.24, 2.45) is 0 Å². The predicted octanol–water partition coefficient (Wildman–Crippen LogP) is 2.83. The van der Waals surface area contributed by atoms with Crippen molar-refractivity contribution in [2.45, 2.75) is 45.1 Å². The van der Waals surface area contributed by atoms with Crippen LogP contribution in [0.15, 0.2) is 79.1 Å². The van der Waals surface area contributed by atoms with E-state index in [4.69, 9.17) is 9.79 Å². The topological polar surface area (TPSA) is 61.4 Å². The van der Waals surface area contributed by atoms with E-state index in [1.165, 1.54) is 22.3 Å². The van der Waals surface area contributed by atoms with Gasteiger partial charge in [0.2, 0.25) is 0 Å². The number of unbranched alkanes of at least 4 members (excludes halogenated alkanes) is 5. The highest BCUT2D eigenvalue weighted by Crippen LogP contribution is 2.35. The molecule has 0 amide bonds. The zero-order chi connectivity index (χ0) is 21.2. The Balaban J connectivity index is 0.00000341. The van der Waals surface area contributed by atoms with Crippen LogP contribution in [0.4, 0.5) is 0 Å². The first-order chi connectivity index (χ1) is 14.5. The van der Waals surface area contributed by atoms with Gasteiger partial charge in [0, 0.05) is 24.7 Å². The minimum Gasteiger partial charge on any atom is -1.00 e. The van der Waals surface area contributed by atoms with Gasteiger partial charge < -0.3 is 26.8 Å². The second-order valence-corrected chi connectivity index (χ2v) is 9.55. The molecule has 3 rings (SSSR count). The summed E-state index contributed by atoms with van der Waals surface area (Å²) in [7, 11) is -3.81.